The number of hydrogen-bond donors (Lipinski definition) is 0. The van der Waals surface area contributed by atoms with Crippen molar-refractivity contribution in [1.29, 1.82) is 0 Å². The van der Waals surface area contributed by atoms with Crippen LogP contribution in [0.3, 0.4) is 0 Å². The molecule has 0 aliphatic carbocycles. The minimum atomic E-state index is -0.869. The van der Waals surface area contributed by atoms with E-state index >= 15 is 0 Å². The van der Waals surface area contributed by atoms with Crippen LogP contribution in [0.4, 0.5) is 0 Å². The van der Waals surface area contributed by atoms with Crippen molar-refractivity contribution in [2.45, 2.75) is 13.3 Å². The van der Waals surface area contributed by atoms with Gasteiger partial charge in [0.15, 0.2) is 0 Å². The summed E-state index contributed by atoms with van der Waals surface area (Å²) >= 11 is 5.92. The van der Waals surface area contributed by atoms with Crippen molar-refractivity contribution in [2.75, 3.05) is 0 Å². The van der Waals surface area contributed by atoms with Crippen molar-refractivity contribution in [3.05, 3.63) is 53.6 Å². The van der Waals surface area contributed by atoms with E-state index in [1.54, 1.807) is 19.1 Å². The molecule has 2 aromatic carbocycles. The Bertz CT molecular complexity index is 635. The van der Waals surface area contributed by atoms with Gasteiger partial charge in [0, 0.05) is 23.1 Å². The Balaban J connectivity index is 2.39. The molecule has 0 N–H and O–H groups in total. The van der Waals surface area contributed by atoms with Gasteiger partial charge in [-0.05, 0) is 17.7 Å². The zero-order valence-corrected chi connectivity index (χ0v) is 11.7. The zero-order chi connectivity index (χ0) is 14.5. The maximum Gasteiger partial charge on any atom is 0.379 e. The van der Waals surface area contributed by atoms with Crippen LogP contribution >= 0.6 is 11.6 Å². The third-order valence-electron chi connectivity index (χ3n) is 2.78. The standard InChI is InChI=1S/C16H13ClO3/c1-2-14(18)16(19)20-15-10-12(17)8-9-13(15)11-6-4-3-5-7-11/h3-10H,2H2,1H3. The average Bonchev–Trinajstić information content (AvgIpc) is 2.47. The predicted molar refractivity (Wildman–Crippen MR) is 77.8 cm³/mol. The fraction of sp³-hybridized carbons (Fsp3) is 0.125. The van der Waals surface area contributed by atoms with Crippen molar-refractivity contribution in [1.82, 2.24) is 0 Å². The normalized spacial score (nSPS) is 10.1. The molecule has 0 spiro atoms. The molecule has 0 bridgehead atoms. The number of ether oxygens (including phenoxy) is 1. The van der Waals surface area contributed by atoms with Crippen molar-refractivity contribution < 1.29 is 14.3 Å². The number of carbonyl (C=O) groups is 2. The van der Waals surface area contributed by atoms with E-state index in [0.29, 0.717) is 10.6 Å². The molecule has 0 atom stereocenters. The first-order chi connectivity index (χ1) is 9.61. The summed E-state index contributed by atoms with van der Waals surface area (Å²) < 4.78 is 5.16. The Kier molecular flexibility index (Phi) is 4.53. The lowest BCUT2D eigenvalue weighted by atomic mass is 10.0. The number of Topliss-reactive ketones (excluding diaryl/α,β-unsaturated/α-hetero) is 1. The van der Waals surface area contributed by atoms with E-state index in [2.05, 4.69) is 0 Å². The van der Waals surface area contributed by atoms with Gasteiger partial charge < -0.3 is 4.74 Å². The lowest BCUT2D eigenvalue weighted by Gasteiger charge is -2.10. The van der Waals surface area contributed by atoms with Gasteiger partial charge in [-0.1, -0.05) is 48.9 Å². The minimum absolute atomic E-state index is 0.111. The second-order valence-electron chi connectivity index (χ2n) is 4.17. The summed E-state index contributed by atoms with van der Waals surface area (Å²) in [5, 5.41) is 0.441. The van der Waals surface area contributed by atoms with E-state index in [-0.39, 0.29) is 12.2 Å². The van der Waals surface area contributed by atoms with Crippen LogP contribution in [0.5, 0.6) is 5.75 Å². The minimum Gasteiger partial charge on any atom is -0.420 e. The van der Waals surface area contributed by atoms with E-state index in [0.717, 1.165) is 5.56 Å². The van der Waals surface area contributed by atoms with Gasteiger partial charge in [-0.25, -0.2) is 4.79 Å². The van der Waals surface area contributed by atoms with Gasteiger partial charge >= 0.3 is 5.97 Å². The van der Waals surface area contributed by atoms with Crippen LogP contribution in [0.2, 0.25) is 5.02 Å². The zero-order valence-electron chi connectivity index (χ0n) is 10.9. The molecule has 2 rings (SSSR count). The first-order valence-corrected chi connectivity index (χ1v) is 6.59. The second kappa shape index (κ2) is 6.35. The second-order valence-corrected chi connectivity index (χ2v) is 4.61. The highest BCUT2D eigenvalue weighted by molar-refractivity contribution is 6.34. The quantitative estimate of drug-likeness (QED) is 0.487. The Morgan fingerprint density at radius 2 is 1.80 bits per heavy atom. The SMILES string of the molecule is CCC(=O)C(=O)Oc1cc(Cl)ccc1-c1ccccc1. The fourth-order valence-electron chi connectivity index (χ4n) is 1.74. The summed E-state index contributed by atoms with van der Waals surface area (Å²) in [6, 6.07) is 14.4. The van der Waals surface area contributed by atoms with Gasteiger partial charge in [-0.3, -0.25) is 4.79 Å². The highest BCUT2D eigenvalue weighted by Crippen LogP contribution is 2.32. The van der Waals surface area contributed by atoms with Crippen molar-refractivity contribution in [3.63, 3.8) is 0 Å². The van der Waals surface area contributed by atoms with Gasteiger partial charge in [0.2, 0.25) is 5.78 Å². The molecular formula is C16H13ClO3. The van der Waals surface area contributed by atoms with Crippen LogP contribution in [0.1, 0.15) is 13.3 Å². The number of benzene rings is 2. The highest BCUT2D eigenvalue weighted by Gasteiger charge is 2.17. The number of rotatable bonds is 4. The van der Waals surface area contributed by atoms with Crippen molar-refractivity contribution in [3.8, 4) is 16.9 Å². The lowest BCUT2D eigenvalue weighted by Crippen LogP contribution is -2.19. The molecule has 0 aliphatic heterocycles. The van der Waals surface area contributed by atoms with Crippen LogP contribution < -0.4 is 4.74 Å². The van der Waals surface area contributed by atoms with E-state index in [1.165, 1.54) is 6.07 Å². The van der Waals surface area contributed by atoms with E-state index in [1.807, 2.05) is 30.3 Å². The predicted octanol–water partition coefficient (Wildman–Crippen LogP) is 3.89. The first kappa shape index (κ1) is 14.3. The molecule has 3 nitrogen and oxygen atoms in total. The summed E-state index contributed by atoms with van der Waals surface area (Å²) in [6.45, 7) is 1.61. The molecule has 20 heavy (non-hydrogen) atoms. The maximum absolute atomic E-state index is 11.6. The summed E-state index contributed by atoms with van der Waals surface area (Å²) in [4.78, 5) is 23.0. The van der Waals surface area contributed by atoms with Gasteiger partial charge in [0.05, 0.1) is 0 Å². The summed E-state index contributed by atoms with van der Waals surface area (Å²) in [5.41, 5.74) is 1.60. The Labute approximate surface area is 122 Å². The molecule has 0 unspecified atom stereocenters. The summed E-state index contributed by atoms with van der Waals surface area (Å²) in [6.07, 6.45) is 0.111. The monoisotopic (exact) mass is 288 g/mol. The fourth-order valence-corrected chi connectivity index (χ4v) is 1.90. The molecule has 0 heterocycles. The Morgan fingerprint density at radius 3 is 2.45 bits per heavy atom. The summed E-state index contributed by atoms with van der Waals surface area (Å²) in [5.74, 6) is -1.15. The molecule has 0 fully saturated rings. The molecule has 0 saturated heterocycles. The number of carbonyl (C=O) groups excluding carboxylic acids is 2. The molecule has 0 aromatic heterocycles. The molecule has 2 aromatic rings. The van der Waals surface area contributed by atoms with Crippen LogP contribution in [0, 0.1) is 0 Å². The van der Waals surface area contributed by atoms with Gasteiger partial charge in [0.25, 0.3) is 0 Å². The maximum atomic E-state index is 11.6. The summed E-state index contributed by atoms with van der Waals surface area (Å²) in [7, 11) is 0. The average molecular weight is 289 g/mol. The van der Waals surface area contributed by atoms with Crippen LogP contribution in [0.15, 0.2) is 48.5 Å². The van der Waals surface area contributed by atoms with E-state index in [9.17, 15) is 9.59 Å². The van der Waals surface area contributed by atoms with Crippen LogP contribution in [-0.4, -0.2) is 11.8 Å². The topological polar surface area (TPSA) is 43.4 Å². The van der Waals surface area contributed by atoms with Crippen LogP contribution in [0.25, 0.3) is 11.1 Å². The first-order valence-electron chi connectivity index (χ1n) is 6.21. The number of ketones is 1. The Morgan fingerprint density at radius 1 is 1.10 bits per heavy atom. The van der Waals surface area contributed by atoms with Gasteiger partial charge in [0.1, 0.15) is 5.75 Å². The largest absolute Gasteiger partial charge is 0.420 e. The van der Waals surface area contributed by atoms with Crippen molar-refractivity contribution in [2.24, 2.45) is 0 Å². The smallest absolute Gasteiger partial charge is 0.379 e. The number of esters is 1. The van der Waals surface area contributed by atoms with E-state index < -0.39 is 11.8 Å². The van der Waals surface area contributed by atoms with Crippen LogP contribution in [-0.2, 0) is 9.59 Å². The molecule has 0 aliphatic rings. The van der Waals surface area contributed by atoms with Gasteiger partial charge in [-0.15, -0.1) is 0 Å². The molecule has 0 amide bonds. The van der Waals surface area contributed by atoms with Gasteiger partial charge in [-0.2, -0.15) is 0 Å². The lowest BCUT2D eigenvalue weighted by molar-refractivity contribution is -0.146. The number of halogens is 1. The molecule has 102 valence electrons. The third-order valence-corrected chi connectivity index (χ3v) is 3.01. The van der Waals surface area contributed by atoms with E-state index in [4.69, 9.17) is 16.3 Å². The molecular weight excluding hydrogens is 276 g/mol. The molecule has 0 saturated carbocycles. The Hall–Kier alpha value is -2.13. The third kappa shape index (κ3) is 3.25. The van der Waals surface area contributed by atoms with Crippen molar-refractivity contribution >= 4 is 23.4 Å². The number of hydrogen-bond acceptors (Lipinski definition) is 3. The molecule has 4 heteroatoms. The molecule has 0 radical (unpaired) electrons. The highest BCUT2D eigenvalue weighted by atomic mass is 35.5.